The standard InChI is InChI=1S/C17H23NO2/c1-10-8-19-14-6-5-11(7-15(14)20-9-10)17(18)16-12-3-2-4-13(12)16/h5-7,10,12-13,16-17H,2-4,8-9,18H2,1H3. The topological polar surface area (TPSA) is 44.5 Å². The number of ether oxygens (including phenoxy) is 2. The lowest BCUT2D eigenvalue weighted by Gasteiger charge is -2.16. The van der Waals surface area contributed by atoms with E-state index in [4.69, 9.17) is 15.2 Å². The molecule has 20 heavy (non-hydrogen) atoms. The van der Waals surface area contributed by atoms with E-state index in [2.05, 4.69) is 19.1 Å². The van der Waals surface area contributed by atoms with E-state index in [1.807, 2.05) is 6.07 Å². The van der Waals surface area contributed by atoms with Gasteiger partial charge in [0.2, 0.25) is 0 Å². The van der Waals surface area contributed by atoms with Gasteiger partial charge in [0.1, 0.15) is 0 Å². The van der Waals surface area contributed by atoms with E-state index in [0.717, 1.165) is 36.5 Å². The molecule has 4 atom stereocenters. The highest BCUT2D eigenvalue weighted by Gasteiger charge is 2.55. The first-order chi connectivity index (χ1) is 9.74. The van der Waals surface area contributed by atoms with Gasteiger partial charge in [0, 0.05) is 12.0 Å². The van der Waals surface area contributed by atoms with Crippen LogP contribution in [0.5, 0.6) is 11.5 Å². The molecule has 0 radical (unpaired) electrons. The summed E-state index contributed by atoms with van der Waals surface area (Å²) in [7, 11) is 0. The van der Waals surface area contributed by atoms with E-state index in [1.54, 1.807) is 0 Å². The minimum absolute atomic E-state index is 0.167. The predicted molar refractivity (Wildman–Crippen MR) is 77.8 cm³/mol. The van der Waals surface area contributed by atoms with E-state index < -0.39 is 0 Å². The summed E-state index contributed by atoms with van der Waals surface area (Å²) in [4.78, 5) is 0. The zero-order valence-electron chi connectivity index (χ0n) is 12.0. The van der Waals surface area contributed by atoms with Crippen LogP contribution in [0.25, 0.3) is 0 Å². The quantitative estimate of drug-likeness (QED) is 0.900. The first-order valence-electron chi connectivity index (χ1n) is 7.89. The summed E-state index contributed by atoms with van der Waals surface area (Å²) >= 11 is 0. The number of fused-ring (bicyclic) bond motifs is 2. The number of benzene rings is 1. The van der Waals surface area contributed by atoms with Crippen molar-refractivity contribution in [3.8, 4) is 11.5 Å². The smallest absolute Gasteiger partial charge is 0.161 e. The van der Waals surface area contributed by atoms with Crippen molar-refractivity contribution in [2.24, 2.45) is 29.4 Å². The normalized spacial score (nSPS) is 36.1. The van der Waals surface area contributed by atoms with Crippen LogP contribution in [0.2, 0.25) is 0 Å². The van der Waals surface area contributed by atoms with Crippen LogP contribution in [0.4, 0.5) is 0 Å². The molecule has 2 saturated carbocycles. The van der Waals surface area contributed by atoms with Crippen molar-refractivity contribution in [3.63, 3.8) is 0 Å². The molecular weight excluding hydrogens is 250 g/mol. The number of nitrogens with two attached hydrogens (primary N) is 1. The van der Waals surface area contributed by atoms with Crippen molar-refractivity contribution < 1.29 is 9.47 Å². The Morgan fingerprint density at radius 3 is 2.55 bits per heavy atom. The largest absolute Gasteiger partial charge is 0.489 e. The van der Waals surface area contributed by atoms with Crippen LogP contribution in [0.15, 0.2) is 18.2 Å². The van der Waals surface area contributed by atoms with Gasteiger partial charge in [-0.05, 0) is 48.3 Å². The van der Waals surface area contributed by atoms with Gasteiger partial charge in [-0.25, -0.2) is 0 Å². The zero-order valence-corrected chi connectivity index (χ0v) is 12.0. The molecule has 1 aliphatic heterocycles. The van der Waals surface area contributed by atoms with Crippen LogP contribution in [-0.4, -0.2) is 13.2 Å². The Kier molecular flexibility index (Phi) is 2.92. The van der Waals surface area contributed by atoms with Crippen LogP contribution in [0.3, 0.4) is 0 Å². The van der Waals surface area contributed by atoms with E-state index >= 15 is 0 Å². The van der Waals surface area contributed by atoms with Gasteiger partial charge in [-0.15, -0.1) is 0 Å². The lowest BCUT2D eigenvalue weighted by Crippen LogP contribution is -2.15. The molecule has 0 aromatic heterocycles. The highest BCUT2D eigenvalue weighted by Crippen LogP contribution is 2.61. The predicted octanol–water partition coefficient (Wildman–Crippen LogP) is 3.14. The fourth-order valence-corrected chi connectivity index (χ4v) is 4.11. The molecule has 0 bridgehead atoms. The molecule has 3 nitrogen and oxygen atoms in total. The second kappa shape index (κ2) is 4.66. The Morgan fingerprint density at radius 1 is 1.10 bits per heavy atom. The maximum absolute atomic E-state index is 6.49. The van der Waals surface area contributed by atoms with E-state index in [9.17, 15) is 0 Å². The Balaban J connectivity index is 1.55. The van der Waals surface area contributed by atoms with E-state index in [1.165, 1.54) is 24.8 Å². The lowest BCUT2D eigenvalue weighted by molar-refractivity contribution is 0.228. The highest BCUT2D eigenvalue weighted by atomic mass is 16.5. The SMILES string of the molecule is CC1COc2ccc(C(N)C3C4CCCC43)cc2OC1. The summed E-state index contributed by atoms with van der Waals surface area (Å²) in [6, 6.07) is 6.42. The van der Waals surface area contributed by atoms with Gasteiger partial charge < -0.3 is 15.2 Å². The number of rotatable bonds is 2. The molecular formula is C17H23NO2. The lowest BCUT2D eigenvalue weighted by atomic mass is 9.97. The van der Waals surface area contributed by atoms with Crippen molar-refractivity contribution in [3.05, 3.63) is 23.8 Å². The molecule has 3 aliphatic rings. The van der Waals surface area contributed by atoms with Gasteiger partial charge in [-0.1, -0.05) is 19.4 Å². The fourth-order valence-electron chi connectivity index (χ4n) is 4.11. The minimum Gasteiger partial charge on any atom is -0.489 e. The van der Waals surface area contributed by atoms with Crippen LogP contribution in [-0.2, 0) is 0 Å². The molecule has 0 saturated heterocycles. The maximum Gasteiger partial charge on any atom is 0.161 e. The zero-order chi connectivity index (χ0) is 13.7. The van der Waals surface area contributed by atoms with Crippen LogP contribution < -0.4 is 15.2 Å². The number of hydrogen-bond acceptors (Lipinski definition) is 3. The van der Waals surface area contributed by atoms with Crippen LogP contribution >= 0.6 is 0 Å². The summed E-state index contributed by atoms with van der Waals surface area (Å²) < 4.78 is 11.6. The summed E-state index contributed by atoms with van der Waals surface area (Å²) in [6.07, 6.45) is 4.16. The molecule has 4 rings (SSSR count). The molecule has 1 heterocycles. The molecule has 108 valence electrons. The van der Waals surface area contributed by atoms with Gasteiger partial charge in [0.05, 0.1) is 13.2 Å². The Hall–Kier alpha value is -1.22. The highest BCUT2D eigenvalue weighted by molar-refractivity contribution is 5.44. The minimum atomic E-state index is 0.167. The average Bonchev–Trinajstić information content (AvgIpc) is 3.02. The van der Waals surface area contributed by atoms with Crippen LogP contribution in [0.1, 0.15) is 37.8 Å². The maximum atomic E-state index is 6.49. The summed E-state index contributed by atoms with van der Waals surface area (Å²) in [5, 5.41) is 0. The first kappa shape index (κ1) is 12.5. The first-order valence-corrected chi connectivity index (χ1v) is 7.89. The summed E-state index contributed by atoms with van der Waals surface area (Å²) in [6.45, 7) is 3.59. The third-order valence-electron chi connectivity index (χ3n) is 5.29. The van der Waals surface area contributed by atoms with Gasteiger partial charge in [-0.2, -0.15) is 0 Å². The molecule has 2 N–H and O–H groups in total. The van der Waals surface area contributed by atoms with Crippen molar-refractivity contribution in [1.29, 1.82) is 0 Å². The molecule has 0 spiro atoms. The monoisotopic (exact) mass is 273 g/mol. The van der Waals surface area contributed by atoms with Crippen LogP contribution in [0, 0.1) is 23.7 Å². The molecule has 0 amide bonds. The average molecular weight is 273 g/mol. The van der Waals surface area contributed by atoms with Crippen molar-refractivity contribution in [1.82, 2.24) is 0 Å². The third kappa shape index (κ3) is 1.99. The van der Waals surface area contributed by atoms with E-state index in [0.29, 0.717) is 11.8 Å². The summed E-state index contributed by atoms with van der Waals surface area (Å²) in [5.74, 6) is 4.64. The summed E-state index contributed by atoms with van der Waals surface area (Å²) in [5.41, 5.74) is 7.70. The molecule has 1 aromatic rings. The van der Waals surface area contributed by atoms with Gasteiger partial charge >= 0.3 is 0 Å². The third-order valence-corrected chi connectivity index (χ3v) is 5.29. The van der Waals surface area contributed by atoms with Crippen molar-refractivity contribution >= 4 is 0 Å². The van der Waals surface area contributed by atoms with Crippen molar-refractivity contribution in [2.75, 3.05) is 13.2 Å². The van der Waals surface area contributed by atoms with E-state index in [-0.39, 0.29) is 6.04 Å². The second-order valence-corrected chi connectivity index (χ2v) is 6.80. The molecule has 2 fully saturated rings. The molecule has 2 aliphatic carbocycles. The van der Waals surface area contributed by atoms with Gasteiger partial charge in [-0.3, -0.25) is 0 Å². The number of hydrogen-bond donors (Lipinski definition) is 1. The van der Waals surface area contributed by atoms with Gasteiger partial charge in [0.25, 0.3) is 0 Å². The molecule has 1 aromatic carbocycles. The Bertz CT molecular complexity index is 506. The molecule has 4 unspecified atom stereocenters. The Morgan fingerprint density at radius 2 is 1.80 bits per heavy atom. The molecule has 3 heteroatoms. The fraction of sp³-hybridized carbons (Fsp3) is 0.647. The second-order valence-electron chi connectivity index (χ2n) is 6.80. The Labute approximate surface area is 120 Å². The van der Waals surface area contributed by atoms with Crippen molar-refractivity contribution in [2.45, 2.75) is 32.2 Å². The van der Waals surface area contributed by atoms with Gasteiger partial charge in [0.15, 0.2) is 11.5 Å².